The van der Waals surface area contributed by atoms with Crippen LogP contribution < -0.4 is 21.3 Å². The highest BCUT2D eigenvalue weighted by Gasteiger charge is 2.36. The molecular formula is C20H16I6N4O6. The van der Waals surface area contributed by atoms with E-state index in [1.54, 1.807) is 29.6 Å². The van der Waals surface area contributed by atoms with Gasteiger partial charge in [-0.3, -0.25) is 14.4 Å². The van der Waals surface area contributed by atoms with Crippen LogP contribution in [0.25, 0.3) is 0 Å². The lowest BCUT2D eigenvalue weighted by Gasteiger charge is -2.28. The van der Waals surface area contributed by atoms with E-state index in [9.17, 15) is 29.4 Å². The maximum absolute atomic E-state index is 14.1. The molecule has 0 atom stereocenters. The number of imide groups is 1. The number of halogens is 6. The number of hydrogen-bond donors (Lipinski definition) is 4. The normalized spacial score (nSPS) is 10.8. The number of carboxylic acids is 1. The van der Waals surface area contributed by atoms with Gasteiger partial charge in [0.25, 0.3) is 5.91 Å². The zero-order valence-electron chi connectivity index (χ0n) is 18.3. The van der Waals surface area contributed by atoms with Crippen molar-refractivity contribution in [1.29, 1.82) is 0 Å². The smallest absolute Gasteiger partial charge is 0.337 e. The van der Waals surface area contributed by atoms with Gasteiger partial charge in [0.2, 0.25) is 11.8 Å². The molecule has 0 heterocycles. The van der Waals surface area contributed by atoms with Crippen molar-refractivity contribution in [3.05, 3.63) is 38.1 Å². The number of carbonyl (C=O) groups excluding carboxylic acids is 3. The Morgan fingerprint density at radius 2 is 1.36 bits per heavy atom. The van der Waals surface area contributed by atoms with Gasteiger partial charge in [-0.05, 0) is 136 Å². The molecule has 0 saturated heterocycles. The predicted octanol–water partition coefficient (Wildman–Crippen LogP) is 4.20. The number of carboxylic acid groups (broad SMARTS) is 1. The Hall–Kier alpha value is 0.620. The molecule has 3 amide bonds. The second-order valence-corrected chi connectivity index (χ2v) is 13.5. The largest absolute Gasteiger partial charge is 0.478 e. The molecule has 2 aromatic rings. The van der Waals surface area contributed by atoms with Gasteiger partial charge in [0.15, 0.2) is 0 Å². The number of nitrogens with zero attached hydrogens (tertiary/aromatic N) is 2. The van der Waals surface area contributed by atoms with Crippen LogP contribution in [0.2, 0.25) is 0 Å². The lowest BCUT2D eigenvalue weighted by Crippen LogP contribution is -2.43. The maximum Gasteiger partial charge on any atom is 0.337 e. The Labute approximate surface area is 287 Å². The number of nitrogen functional groups attached to an aromatic ring is 1. The Kier molecular flexibility index (Phi) is 12.1. The van der Waals surface area contributed by atoms with Crippen molar-refractivity contribution in [2.75, 3.05) is 29.1 Å². The summed E-state index contributed by atoms with van der Waals surface area (Å²) in [6.45, 7) is 0.304. The molecule has 0 aliphatic heterocycles. The van der Waals surface area contributed by atoms with Crippen LogP contribution in [0.15, 0.2) is 0 Å². The van der Waals surface area contributed by atoms with E-state index < -0.39 is 30.9 Å². The highest BCUT2D eigenvalue weighted by atomic mass is 127. The molecule has 0 unspecified atom stereocenters. The van der Waals surface area contributed by atoms with E-state index >= 15 is 0 Å². The van der Waals surface area contributed by atoms with Gasteiger partial charge in [-0.15, -0.1) is 0 Å². The summed E-state index contributed by atoms with van der Waals surface area (Å²) < 4.78 is 2.05. The summed E-state index contributed by atoms with van der Waals surface area (Å²) in [5.74, 6) is -3.16. The van der Waals surface area contributed by atoms with Gasteiger partial charge < -0.3 is 26.6 Å². The number of benzene rings is 2. The molecule has 0 fully saturated rings. The van der Waals surface area contributed by atoms with Crippen molar-refractivity contribution < 1.29 is 29.4 Å². The number of aliphatic hydroxyl groups is 1. The Morgan fingerprint density at radius 3 is 1.81 bits per heavy atom. The molecular weight excluding hydrogens is 1150 g/mol. The average Bonchev–Trinajstić information content (AvgIpc) is 2.79. The molecule has 2 rings (SSSR count). The average molecular weight is 1170 g/mol. The van der Waals surface area contributed by atoms with Gasteiger partial charge in [-0.2, -0.15) is 0 Å². The molecule has 0 radical (unpaired) electrons. The summed E-state index contributed by atoms with van der Waals surface area (Å²) in [4.78, 5) is 53.7. The van der Waals surface area contributed by atoms with E-state index in [2.05, 4.69) is 0 Å². The summed E-state index contributed by atoms with van der Waals surface area (Å²) in [6, 6.07) is 0. The van der Waals surface area contributed by atoms with Crippen LogP contribution in [0.1, 0.15) is 33.2 Å². The summed E-state index contributed by atoms with van der Waals surface area (Å²) in [5.41, 5.74) is 12.8. The van der Waals surface area contributed by atoms with Gasteiger partial charge in [0.05, 0.1) is 55.6 Å². The number of nitrogens with two attached hydrogens (primary N) is 2. The van der Waals surface area contributed by atoms with Gasteiger partial charge >= 0.3 is 5.97 Å². The zero-order chi connectivity index (χ0) is 27.8. The van der Waals surface area contributed by atoms with Crippen molar-refractivity contribution in [3.8, 4) is 0 Å². The molecule has 10 nitrogen and oxygen atoms in total. The summed E-state index contributed by atoms with van der Waals surface area (Å²) in [6.07, 6.45) is 0. The number of anilines is 3. The minimum Gasteiger partial charge on any atom is -0.478 e. The highest BCUT2D eigenvalue weighted by molar-refractivity contribution is 14.1. The van der Waals surface area contributed by atoms with Gasteiger partial charge in [0.1, 0.15) is 0 Å². The van der Waals surface area contributed by atoms with Crippen molar-refractivity contribution >= 4 is 176 Å². The van der Waals surface area contributed by atoms with Gasteiger partial charge in [-0.25, -0.2) is 9.69 Å². The molecule has 36 heavy (non-hydrogen) atoms. The standard InChI is InChI=1S/C20H16I6N4O6/c1-5(32)29(2)17-13(24)8(12(23)16(28)15(17)26)19(34)30(7(33)3-27)18-11(22)6(4-31)10(21)9(14(18)25)20(35)36/h31H,3-4,27-28H2,1-2H3,(H,35,36). The van der Waals surface area contributed by atoms with Crippen LogP contribution in [-0.4, -0.2) is 47.5 Å². The number of amides is 3. The van der Waals surface area contributed by atoms with Crippen LogP contribution >= 0.6 is 136 Å². The fourth-order valence-electron chi connectivity index (χ4n) is 3.08. The molecule has 194 valence electrons. The van der Waals surface area contributed by atoms with E-state index in [-0.39, 0.29) is 37.5 Å². The monoisotopic (exact) mass is 1170 g/mol. The third kappa shape index (κ3) is 6.02. The first-order valence-corrected chi connectivity index (χ1v) is 15.9. The Balaban J connectivity index is 3.04. The van der Waals surface area contributed by atoms with E-state index in [0.29, 0.717) is 23.5 Å². The first-order chi connectivity index (χ1) is 16.6. The SMILES string of the molecule is CC(=O)N(C)c1c(I)c(N)c(I)c(C(=O)N(C(=O)CN)c2c(I)c(CO)c(I)c(C(=O)O)c2I)c1I. The van der Waals surface area contributed by atoms with Gasteiger partial charge in [-0.1, -0.05) is 0 Å². The number of carbonyl (C=O) groups is 4. The lowest BCUT2D eigenvalue weighted by molar-refractivity contribution is -0.117. The first-order valence-electron chi connectivity index (χ1n) is 9.46. The molecule has 0 bridgehead atoms. The molecule has 0 saturated carbocycles. The molecule has 0 aromatic heterocycles. The Bertz CT molecular complexity index is 1320. The van der Waals surface area contributed by atoms with E-state index in [4.69, 9.17) is 11.5 Å². The van der Waals surface area contributed by atoms with Crippen molar-refractivity contribution in [3.63, 3.8) is 0 Å². The van der Waals surface area contributed by atoms with Crippen LogP contribution in [0.4, 0.5) is 17.1 Å². The molecule has 6 N–H and O–H groups in total. The molecule has 16 heteroatoms. The van der Waals surface area contributed by atoms with Crippen LogP contribution in [0.3, 0.4) is 0 Å². The van der Waals surface area contributed by atoms with Gasteiger partial charge in [0, 0.05) is 26.7 Å². The third-order valence-electron chi connectivity index (χ3n) is 4.96. The van der Waals surface area contributed by atoms with Crippen molar-refractivity contribution in [1.82, 2.24) is 0 Å². The van der Waals surface area contributed by atoms with Crippen molar-refractivity contribution in [2.24, 2.45) is 5.73 Å². The zero-order valence-corrected chi connectivity index (χ0v) is 31.2. The lowest BCUT2D eigenvalue weighted by atomic mass is 10.1. The van der Waals surface area contributed by atoms with Crippen LogP contribution in [0, 0.1) is 21.4 Å². The van der Waals surface area contributed by atoms with E-state index in [0.717, 1.165) is 4.90 Å². The maximum atomic E-state index is 14.1. The van der Waals surface area contributed by atoms with Crippen molar-refractivity contribution in [2.45, 2.75) is 13.5 Å². The summed E-state index contributed by atoms with van der Waals surface area (Å²) >= 11 is 11.3. The number of rotatable bonds is 6. The minimum atomic E-state index is -1.28. The summed E-state index contributed by atoms with van der Waals surface area (Å²) in [5, 5.41) is 19.8. The quantitative estimate of drug-likeness (QED) is 0.247. The molecule has 0 spiro atoms. The predicted molar refractivity (Wildman–Crippen MR) is 186 cm³/mol. The molecule has 2 aromatic carbocycles. The third-order valence-corrected chi connectivity index (χ3v) is 11.6. The van der Waals surface area contributed by atoms with E-state index in [1.165, 1.54) is 11.8 Å². The molecule has 0 aliphatic carbocycles. The van der Waals surface area contributed by atoms with Crippen LogP contribution in [0.5, 0.6) is 0 Å². The Morgan fingerprint density at radius 1 is 0.833 bits per heavy atom. The number of aliphatic hydroxyl groups excluding tert-OH is 1. The second-order valence-electron chi connectivity index (χ2n) is 7.00. The second kappa shape index (κ2) is 13.3. The number of hydrogen-bond acceptors (Lipinski definition) is 7. The highest BCUT2D eigenvalue weighted by Crippen LogP contribution is 2.42. The minimum absolute atomic E-state index is 0.00344. The summed E-state index contributed by atoms with van der Waals surface area (Å²) in [7, 11) is 1.54. The molecule has 0 aliphatic rings. The number of aromatic carboxylic acids is 1. The first kappa shape index (κ1) is 32.8. The fourth-order valence-corrected chi connectivity index (χ4v) is 11.9. The van der Waals surface area contributed by atoms with Crippen LogP contribution in [-0.2, 0) is 16.2 Å². The topological polar surface area (TPSA) is 167 Å². The van der Waals surface area contributed by atoms with E-state index in [1.807, 2.05) is 113 Å². The fraction of sp³-hybridized carbons (Fsp3) is 0.200.